The largest absolute Gasteiger partial charge is 0.409 e. The minimum Gasteiger partial charge on any atom is -0.409 e. The van der Waals surface area contributed by atoms with Gasteiger partial charge in [-0.15, -0.1) is 0 Å². The van der Waals surface area contributed by atoms with Crippen LogP contribution in [0.1, 0.15) is 0 Å². The molecule has 2 bridgehead atoms. The summed E-state index contributed by atoms with van der Waals surface area (Å²) >= 11 is 0. The Bertz CT molecular complexity index is 383. The van der Waals surface area contributed by atoms with Gasteiger partial charge in [0.25, 0.3) is 0 Å². The highest BCUT2D eigenvalue weighted by Gasteiger charge is 2.55. The summed E-state index contributed by atoms with van der Waals surface area (Å²) in [4.78, 5) is 0. The van der Waals surface area contributed by atoms with Crippen molar-refractivity contribution < 1.29 is 22.8 Å². The van der Waals surface area contributed by atoms with Gasteiger partial charge in [0, 0.05) is 0 Å². The van der Waals surface area contributed by atoms with Gasteiger partial charge in [-0.25, -0.2) is 0 Å². The Labute approximate surface area is 144 Å². The summed E-state index contributed by atoms with van der Waals surface area (Å²) in [6.07, 6.45) is -0.780. The zero-order valence-electron chi connectivity index (χ0n) is 16.1. The normalized spacial score (nSPS) is 35.6. The summed E-state index contributed by atoms with van der Waals surface area (Å²) in [5.41, 5.74) is 0. The smallest absolute Gasteiger partial charge is 0.185 e. The Morgan fingerprint density at radius 3 is 1.57 bits per heavy atom. The zero-order chi connectivity index (χ0) is 17.6. The molecule has 0 aromatic carbocycles. The molecule has 0 aliphatic carbocycles. The second-order valence-corrected chi connectivity index (χ2v) is 22.8. The van der Waals surface area contributed by atoms with E-state index in [1.807, 2.05) is 0 Å². The topological polar surface area (TPSA) is 46.2 Å². The van der Waals surface area contributed by atoms with E-state index >= 15 is 0 Å². The molecule has 0 unspecified atom stereocenters. The van der Waals surface area contributed by atoms with Crippen LogP contribution in [0.25, 0.3) is 0 Å². The van der Waals surface area contributed by atoms with E-state index in [1.165, 1.54) is 0 Å². The molecule has 0 amide bonds. The average Bonchev–Trinajstić information content (AvgIpc) is 2.71. The van der Waals surface area contributed by atoms with Gasteiger partial charge >= 0.3 is 0 Å². The lowest BCUT2D eigenvalue weighted by Crippen LogP contribution is -2.62. The fraction of sp³-hybridized carbons (Fsp3) is 1.00. The van der Waals surface area contributed by atoms with Crippen molar-refractivity contribution in [3.05, 3.63) is 0 Å². The van der Waals surface area contributed by atoms with Crippen molar-refractivity contribution >= 4 is 25.0 Å². The second-order valence-electron chi connectivity index (χ2n) is 9.46. The SMILES string of the molecule is C[Si](C)(C)O[C@@H]1[C@@H](O[Si](C)(C)C)[C@H]2OC[C@@H](O2)[C@H]1O[Si](C)(C)C. The Balaban J connectivity index is 2.30. The molecule has 0 saturated carbocycles. The van der Waals surface area contributed by atoms with Crippen molar-refractivity contribution in [1.29, 1.82) is 0 Å². The number of rotatable bonds is 6. The van der Waals surface area contributed by atoms with Crippen LogP contribution in [0, 0.1) is 0 Å². The van der Waals surface area contributed by atoms with Gasteiger partial charge in [-0.3, -0.25) is 0 Å². The van der Waals surface area contributed by atoms with Crippen LogP contribution in [0.2, 0.25) is 58.9 Å². The monoisotopic (exact) mass is 378 g/mol. The minimum absolute atomic E-state index is 0.0467. The molecule has 0 aromatic heterocycles. The second kappa shape index (κ2) is 6.64. The maximum absolute atomic E-state index is 6.55. The quantitative estimate of drug-likeness (QED) is 0.663. The summed E-state index contributed by atoms with van der Waals surface area (Å²) in [6, 6.07) is 0. The van der Waals surface area contributed by atoms with Crippen LogP contribution in [0.4, 0.5) is 0 Å². The molecule has 0 spiro atoms. The lowest BCUT2D eigenvalue weighted by atomic mass is 10.0. The van der Waals surface area contributed by atoms with E-state index in [0.29, 0.717) is 6.61 Å². The van der Waals surface area contributed by atoms with Crippen LogP contribution in [0.3, 0.4) is 0 Å². The zero-order valence-corrected chi connectivity index (χ0v) is 19.1. The van der Waals surface area contributed by atoms with Gasteiger partial charge in [0.2, 0.25) is 0 Å². The van der Waals surface area contributed by atoms with Crippen molar-refractivity contribution in [3.8, 4) is 0 Å². The van der Waals surface area contributed by atoms with Crippen LogP contribution in [0.15, 0.2) is 0 Å². The lowest BCUT2D eigenvalue weighted by Gasteiger charge is -2.46. The molecule has 0 N–H and O–H groups in total. The molecule has 0 aromatic rings. The Morgan fingerprint density at radius 2 is 1.09 bits per heavy atom. The molecule has 5 atom stereocenters. The number of hydrogen-bond acceptors (Lipinski definition) is 5. The predicted octanol–water partition coefficient (Wildman–Crippen LogP) is 3.40. The Hall–Kier alpha value is 0.451. The summed E-state index contributed by atoms with van der Waals surface area (Å²) in [5, 5.41) is 0. The highest BCUT2D eigenvalue weighted by Crippen LogP contribution is 2.37. The molecular formula is C15H34O5Si3. The van der Waals surface area contributed by atoms with Crippen molar-refractivity contribution in [3.63, 3.8) is 0 Å². The van der Waals surface area contributed by atoms with Crippen LogP contribution < -0.4 is 0 Å². The number of fused-ring (bicyclic) bond motifs is 2. The summed E-state index contributed by atoms with van der Waals surface area (Å²) in [5.74, 6) is 0. The molecular weight excluding hydrogens is 344 g/mol. The van der Waals surface area contributed by atoms with E-state index in [2.05, 4.69) is 58.9 Å². The van der Waals surface area contributed by atoms with Gasteiger partial charge in [0.1, 0.15) is 24.4 Å². The first-order valence-electron chi connectivity index (χ1n) is 8.56. The molecule has 136 valence electrons. The van der Waals surface area contributed by atoms with E-state index in [9.17, 15) is 0 Å². The van der Waals surface area contributed by atoms with Gasteiger partial charge in [0.15, 0.2) is 31.2 Å². The van der Waals surface area contributed by atoms with Crippen LogP contribution in [-0.4, -0.2) is 62.3 Å². The summed E-state index contributed by atoms with van der Waals surface area (Å²) < 4.78 is 31.4. The molecule has 2 heterocycles. The highest BCUT2D eigenvalue weighted by atomic mass is 28.4. The molecule has 2 aliphatic heterocycles. The van der Waals surface area contributed by atoms with E-state index in [1.54, 1.807) is 0 Å². The molecule has 2 rings (SSSR count). The first kappa shape index (κ1) is 19.8. The van der Waals surface area contributed by atoms with Gasteiger partial charge in [-0.1, -0.05) is 0 Å². The lowest BCUT2D eigenvalue weighted by molar-refractivity contribution is -0.214. The predicted molar refractivity (Wildman–Crippen MR) is 99.3 cm³/mol. The van der Waals surface area contributed by atoms with E-state index < -0.39 is 25.0 Å². The first-order valence-corrected chi connectivity index (χ1v) is 18.8. The third kappa shape index (κ3) is 5.74. The standard InChI is InChI=1S/C15H34O5Si3/c1-21(2,3)18-12-11-10-16-15(17-11)14(20-23(7,8)9)13(12)19-22(4,5)6/h11-15H,10H2,1-9H3/t11-,12-,13+,14-,15+/m1/s1. The first-order chi connectivity index (χ1) is 10.3. The third-order valence-corrected chi connectivity index (χ3v) is 6.42. The van der Waals surface area contributed by atoms with Crippen molar-refractivity contribution in [2.24, 2.45) is 0 Å². The molecule has 23 heavy (non-hydrogen) atoms. The van der Waals surface area contributed by atoms with Gasteiger partial charge in [-0.2, -0.15) is 0 Å². The molecule has 5 nitrogen and oxygen atoms in total. The van der Waals surface area contributed by atoms with Crippen LogP contribution in [-0.2, 0) is 22.8 Å². The fourth-order valence-electron chi connectivity index (χ4n) is 2.96. The average molecular weight is 379 g/mol. The minimum atomic E-state index is -1.76. The molecule has 2 fully saturated rings. The Morgan fingerprint density at radius 1 is 0.652 bits per heavy atom. The molecule has 2 aliphatic rings. The van der Waals surface area contributed by atoms with Crippen LogP contribution in [0.5, 0.6) is 0 Å². The van der Waals surface area contributed by atoms with Crippen molar-refractivity contribution in [2.75, 3.05) is 6.61 Å². The Kier molecular flexibility index (Phi) is 5.71. The number of ether oxygens (including phenoxy) is 2. The summed E-state index contributed by atoms with van der Waals surface area (Å²) in [6.45, 7) is 20.4. The fourth-order valence-corrected chi connectivity index (χ4v) is 6.21. The molecule has 2 saturated heterocycles. The molecule has 0 radical (unpaired) electrons. The van der Waals surface area contributed by atoms with E-state index in [-0.39, 0.29) is 30.7 Å². The van der Waals surface area contributed by atoms with Crippen molar-refractivity contribution in [1.82, 2.24) is 0 Å². The maximum atomic E-state index is 6.55. The third-order valence-electron chi connectivity index (χ3n) is 3.48. The van der Waals surface area contributed by atoms with Gasteiger partial charge < -0.3 is 22.8 Å². The van der Waals surface area contributed by atoms with E-state index in [4.69, 9.17) is 22.8 Å². The van der Waals surface area contributed by atoms with Gasteiger partial charge in [0.05, 0.1) is 6.61 Å². The highest BCUT2D eigenvalue weighted by molar-refractivity contribution is 6.70. The molecule has 8 heteroatoms. The van der Waals surface area contributed by atoms with E-state index in [0.717, 1.165) is 0 Å². The van der Waals surface area contributed by atoms with Crippen molar-refractivity contribution in [2.45, 2.75) is 89.6 Å². The number of hydrogen-bond donors (Lipinski definition) is 0. The van der Waals surface area contributed by atoms with Crippen LogP contribution >= 0.6 is 0 Å². The van der Waals surface area contributed by atoms with Gasteiger partial charge in [-0.05, 0) is 58.9 Å². The maximum Gasteiger partial charge on any atom is 0.185 e. The summed E-state index contributed by atoms with van der Waals surface area (Å²) in [7, 11) is -5.24.